The van der Waals surface area contributed by atoms with Crippen molar-refractivity contribution in [1.29, 1.82) is 0 Å². The third kappa shape index (κ3) is 2.83. The van der Waals surface area contributed by atoms with Gasteiger partial charge in [0, 0.05) is 4.88 Å². The Morgan fingerprint density at radius 3 is 2.77 bits per heavy atom. The molecule has 7 heteroatoms. The van der Waals surface area contributed by atoms with Gasteiger partial charge in [-0.1, -0.05) is 36.1 Å². The highest BCUT2D eigenvalue weighted by Gasteiger charge is 2.33. The summed E-state index contributed by atoms with van der Waals surface area (Å²) in [6.07, 6.45) is 1.80. The van der Waals surface area contributed by atoms with Crippen LogP contribution in [0.15, 0.2) is 46.7 Å². The average Bonchev–Trinajstić information content (AvgIpc) is 3.08. The molecule has 110 valence electrons. The predicted octanol–water partition coefficient (Wildman–Crippen LogP) is 3.85. The third-order valence-electron chi connectivity index (χ3n) is 2.96. The molecule has 1 aliphatic heterocycles. The van der Waals surface area contributed by atoms with Crippen molar-refractivity contribution < 1.29 is 14.7 Å². The Kier molecular flexibility index (Phi) is 4.10. The molecule has 0 bridgehead atoms. The second-order valence-electron chi connectivity index (χ2n) is 4.39. The lowest BCUT2D eigenvalue weighted by atomic mass is 10.2. The molecule has 0 aliphatic carbocycles. The number of benzene rings is 1. The number of aromatic carboxylic acids is 1. The van der Waals surface area contributed by atoms with E-state index in [0.717, 1.165) is 4.88 Å². The topological polar surface area (TPSA) is 57.6 Å². The van der Waals surface area contributed by atoms with E-state index >= 15 is 0 Å². The van der Waals surface area contributed by atoms with E-state index in [1.807, 2.05) is 17.5 Å². The van der Waals surface area contributed by atoms with Crippen LogP contribution in [0.3, 0.4) is 0 Å². The van der Waals surface area contributed by atoms with Crippen LogP contribution in [0.5, 0.6) is 0 Å². The second-order valence-corrected chi connectivity index (χ2v) is 7.04. The number of hydrogen-bond acceptors (Lipinski definition) is 5. The number of carboxylic acid groups (broad SMARTS) is 1. The Hall–Kier alpha value is -1.96. The number of amides is 1. The van der Waals surface area contributed by atoms with E-state index in [1.165, 1.54) is 40.1 Å². The Morgan fingerprint density at radius 2 is 2.09 bits per heavy atom. The molecular weight excluding hydrogens is 338 g/mol. The van der Waals surface area contributed by atoms with Crippen molar-refractivity contribution >= 4 is 63.3 Å². The van der Waals surface area contributed by atoms with Crippen molar-refractivity contribution in [1.82, 2.24) is 0 Å². The first kappa shape index (κ1) is 15.0. The standard InChI is InChI=1S/C15H9NO3S3/c17-13-12(8-11-5-2-6-21-11)22-15(20)16(13)10-4-1-3-9(7-10)14(18)19/h1-8H,(H,18,19)/b12-8+. The van der Waals surface area contributed by atoms with Gasteiger partial charge < -0.3 is 5.11 Å². The van der Waals surface area contributed by atoms with Gasteiger partial charge in [0.2, 0.25) is 0 Å². The van der Waals surface area contributed by atoms with Gasteiger partial charge >= 0.3 is 5.97 Å². The monoisotopic (exact) mass is 347 g/mol. The van der Waals surface area contributed by atoms with Gasteiger partial charge in [0.15, 0.2) is 4.32 Å². The van der Waals surface area contributed by atoms with Crippen LogP contribution < -0.4 is 4.90 Å². The molecule has 4 nitrogen and oxygen atoms in total. The fourth-order valence-electron chi connectivity index (χ4n) is 1.97. The predicted molar refractivity (Wildman–Crippen MR) is 93.4 cm³/mol. The summed E-state index contributed by atoms with van der Waals surface area (Å²) in [6.45, 7) is 0. The lowest BCUT2D eigenvalue weighted by molar-refractivity contribution is -0.113. The minimum atomic E-state index is -1.04. The molecule has 2 aromatic rings. The molecule has 3 rings (SSSR count). The number of nitrogens with zero attached hydrogens (tertiary/aromatic N) is 1. The molecule has 0 unspecified atom stereocenters. The first-order valence-electron chi connectivity index (χ1n) is 6.21. The molecule has 0 saturated carbocycles. The van der Waals surface area contributed by atoms with E-state index in [9.17, 15) is 9.59 Å². The first-order chi connectivity index (χ1) is 10.6. The molecule has 0 spiro atoms. The molecule has 0 radical (unpaired) electrons. The summed E-state index contributed by atoms with van der Waals surface area (Å²) in [5.74, 6) is -1.27. The van der Waals surface area contributed by atoms with Gasteiger partial charge in [-0.3, -0.25) is 9.69 Å². The fraction of sp³-hybridized carbons (Fsp3) is 0. The van der Waals surface area contributed by atoms with E-state index in [1.54, 1.807) is 18.2 Å². The summed E-state index contributed by atoms with van der Waals surface area (Å²) in [6, 6.07) is 10.0. The van der Waals surface area contributed by atoms with Crippen LogP contribution in [-0.2, 0) is 4.79 Å². The van der Waals surface area contributed by atoms with Crippen molar-refractivity contribution in [2.45, 2.75) is 0 Å². The van der Waals surface area contributed by atoms with Crippen molar-refractivity contribution in [2.75, 3.05) is 4.90 Å². The number of carbonyl (C=O) groups is 2. The van der Waals surface area contributed by atoms with Gasteiger partial charge in [0.05, 0.1) is 16.2 Å². The quantitative estimate of drug-likeness (QED) is 0.675. The number of carboxylic acids is 1. The van der Waals surface area contributed by atoms with Gasteiger partial charge in [0.1, 0.15) is 0 Å². The van der Waals surface area contributed by atoms with Crippen LogP contribution in [0, 0.1) is 0 Å². The SMILES string of the molecule is O=C(O)c1cccc(N2C(=O)/C(=C\c3cccs3)SC2=S)c1. The van der Waals surface area contributed by atoms with Crippen LogP contribution in [0.1, 0.15) is 15.2 Å². The first-order valence-corrected chi connectivity index (χ1v) is 8.31. The maximum atomic E-state index is 12.5. The Morgan fingerprint density at radius 1 is 1.27 bits per heavy atom. The fourth-order valence-corrected chi connectivity index (χ4v) is 3.99. The molecule has 0 atom stereocenters. The zero-order valence-corrected chi connectivity index (χ0v) is 13.5. The molecule has 1 fully saturated rings. The number of thiocarbonyl (C=S) groups is 1. The highest BCUT2D eigenvalue weighted by Crippen LogP contribution is 2.36. The van der Waals surface area contributed by atoms with Crippen LogP contribution in [-0.4, -0.2) is 21.3 Å². The third-order valence-corrected chi connectivity index (χ3v) is 5.08. The molecule has 1 aromatic carbocycles. The molecule has 1 saturated heterocycles. The van der Waals surface area contributed by atoms with Gasteiger partial charge in [-0.15, -0.1) is 11.3 Å². The molecule has 1 amide bonds. The van der Waals surface area contributed by atoms with Crippen LogP contribution in [0.25, 0.3) is 6.08 Å². The molecule has 2 heterocycles. The van der Waals surface area contributed by atoms with E-state index in [-0.39, 0.29) is 11.5 Å². The van der Waals surface area contributed by atoms with Crippen LogP contribution >= 0.6 is 35.3 Å². The maximum Gasteiger partial charge on any atom is 0.335 e. The highest BCUT2D eigenvalue weighted by molar-refractivity contribution is 8.27. The lowest BCUT2D eigenvalue weighted by Gasteiger charge is -2.14. The highest BCUT2D eigenvalue weighted by atomic mass is 32.2. The zero-order valence-electron chi connectivity index (χ0n) is 11.1. The maximum absolute atomic E-state index is 12.5. The molecular formula is C15H9NO3S3. The largest absolute Gasteiger partial charge is 0.478 e. The molecule has 22 heavy (non-hydrogen) atoms. The average molecular weight is 347 g/mol. The van der Waals surface area contributed by atoms with Crippen molar-refractivity contribution in [3.8, 4) is 0 Å². The number of carbonyl (C=O) groups excluding carboxylic acids is 1. The smallest absolute Gasteiger partial charge is 0.335 e. The Bertz CT molecular complexity index is 796. The molecule has 1 aliphatic rings. The summed E-state index contributed by atoms with van der Waals surface area (Å²) in [4.78, 5) is 26.5. The van der Waals surface area contributed by atoms with Crippen LogP contribution in [0.4, 0.5) is 5.69 Å². The van der Waals surface area contributed by atoms with Crippen LogP contribution in [0.2, 0.25) is 0 Å². The van der Waals surface area contributed by atoms with E-state index in [4.69, 9.17) is 17.3 Å². The van der Waals surface area contributed by atoms with Crippen molar-refractivity contribution in [3.63, 3.8) is 0 Å². The number of thioether (sulfide) groups is 1. The number of rotatable bonds is 3. The Labute approximate surface area is 140 Å². The summed E-state index contributed by atoms with van der Waals surface area (Å²) in [5.41, 5.74) is 0.589. The zero-order chi connectivity index (χ0) is 15.7. The van der Waals surface area contributed by atoms with Crippen molar-refractivity contribution in [3.05, 3.63) is 57.1 Å². The van der Waals surface area contributed by atoms with E-state index < -0.39 is 5.97 Å². The number of anilines is 1. The van der Waals surface area contributed by atoms with E-state index in [0.29, 0.717) is 14.9 Å². The number of hydrogen-bond donors (Lipinski definition) is 1. The summed E-state index contributed by atoms with van der Waals surface area (Å²) in [7, 11) is 0. The van der Waals surface area contributed by atoms with Gasteiger partial charge in [-0.05, 0) is 35.7 Å². The molecule has 1 N–H and O–H groups in total. The summed E-state index contributed by atoms with van der Waals surface area (Å²) < 4.78 is 0.398. The van der Waals surface area contributed by atoms with Gasteiger partial charge in [-0.2, -0.15) is 0 Å². The second kappa shape index (κ2) is 6.04. The summed E-state index contributed by atoms with van der Waals surface area (Å²) >= 11 is 8.02. The minimum absolute atomic E-state index is 0.119. The summed E-state index contributed by atoms with van der Waals surface area (Å²) in [5, 5.41) is 11.0. The Balaban J connectivity index is 1.95. The molecule has 1 aromatic heterocycles. The normalized spacial score (nSPS) is 16.5. The number of thiophene rings is 1. The minimum Gasteiger partial charge on any atom is -0.478 e. The van der Waals surface area contributed by atoms with Gasteiger partial charge in [0.25, 0.3) is 5.91 Å². The lowest BCUT2D eigenvalue weighted by Crippen LogP contribution is -2.27. The van der Waals surface area contributed by atoms with Crippen molar-refractivity contribution in [2.24, 2.45) is 0 Å². The van der Waals surface area contributed by atoms with Gasteiger partial charge in [-0.25, -0.2) is 4.79 Å². The van der Waals surface area contributed by atoms with E-state index in [2.05, 4.69) is 0 Å².